The number of hydrogen-bond acceptors (Lipinski definition) is 6. The van der Waals surface area contributed by atoms with Crippen LogP contribution in [-0.2, 0) is 10.1 Å². The third-order valence-corrected chi connectivity index (χ3v) is 2.82. The average Bonchev–Trinajstić information content (AvgIpc) is 1.82. The first-order chi connectivity index (χ1) is 5.68. The Bertz CT molecular complexity index is 243. The fourth-order valence-electron chi connectivity index (χ4n) is 1.07. The van der Waals surface area contributed by atoms with E-state index in [1.54, 1.807) is 0 Å². The van der Waals surface area contributed by atoms with Crippen molar-refractivity contribution in [2.75, 3.05) is 0 Å². The molecule has 0 spiro atoms. The second-order valence-corrected chi connectivity index (χ2v) is 4.54. The van der Waals surface area contributed by atoms with E-state index in [9.17, 15) is 8.42 Å². The van der Waals surface area contributed by atoms with Gasteiger partial charge in [0.05, 0.1) is 0 Å². The molecule has 0 aromatic heterocycles. The zero-order valence-corrected chi connectivity index (χ0v) is 9.27. The van der Waals surface area contributed by atoms with Crippen molar-refractivity contribution < 1.29 is 23.2 Å². The number of rotatable bonds is 4. The maximum atomic E-state index is 10.7. The van der Waals surface area contributed by atoms with Crippen LogP contribution in [0.15, 0.2) is 0 Å². The molecule has 3 unspecified atom stereocenters. The number of aliphatic hydroxyl groups excluding tert-OH is 2. The van der Waals surface area contributed by atoms with Crippen LogP contribution in [0.1, 0.15) is 20.8 Å². The summed E-state index contributed by atoms with van der Waals surface area (Å²) in [5, 5.41) is 16.9. The van der Waals surface area contributed by atoms with Crippen LogP contribution in [0.25, 0.3) is 0 Å². The minimum atomic E-state index is -4.29. The molecule has 3 atom stereocenters. The van der Waals surface area contributed by atoms with Crippen molar-refractivity contribution in [1.29, 1.82) is 0 Å². The maximum Gasteiger partial charge on any atom is 0.281 e. The number of nitrogens with zero attached hydrogens (tertiary/aromatic N) is 1. The van der Waals surface area contributed by atoms with Crippen molar-refractivity contribution in [3.05, 3.63) is 0 Å². The lowest BCUT2D eigenvalue weighted by atomic mass is 10.4. The van der Waals surface area contributed by atoms with Crippen LogP contribution >= 0.6 is 0 Å². The van der Waals surface area contributed by atoms with Crippen molar-refractivity contribution in [3.8, 4) is 0 Å². The monoisotopic (exact) mass is 230 g/mol. The van der Waals surface area contributed by atoms with Crippen LogP contribution < -0.4 is 6.15 Å². The van der Waals surface area contributed by atoms with E-state index < -0.39 is 27.9 Å². The van der Waals surface area contributed by atoms with Gasteiger partial charge in [-0.3, -0.25) is 4.55 Å². The molecule has 0 saturated carbocycles. The lowest BCUT2D eigenvalue weighted by molar-refractivity contribution is -0.0908. The van der Waals surface area contributed by atoms with E-state index in [4.69, 9.17) is 14.8 Å². The number of aliphatic hydroxyl groups is 2. The van der Waals surface area contributed by atoms with Gasteiger partial charge in [0.15, 0.2) is 0 Å². The molecule has 14 heavy (non-hydrogen) atoms. The molecule has 0 aliphatic heterocycles. The van der Waals surface area contributed by atoms with E-state index in [0.29, 0.717) is 0 Å². The van der Waals surface area contributed by atoms with Crippen LogP contribution in [0.4, 0.5) is 0 Å². The lowest BCUT2D eigenvalue weighted by Crippen LogP contribution is -2.49. The predicted molar refractivity (Wildman–Crippen MR) is 51.2 cm³/mol. The SMILES string of the molecule is CC(O)N(C(C)O)C(C)S(=O)(=O)O.N. The molecular weight excluding hydrogens is 212 g/mol. The normalized spacial score (nSPS) is 18.5. The smallest absolute Gasteiger partial charge is 0.281 e. The molecule has 0 radical (unpaired) electrons. The van der Waals surface area contributed by atoms with E-state index in [1.807, 2.05) is 0 Å². The largest absolute Gasteiger partial charge is 0.379 e. The van der Waals surface area contributed by atoms with Gasteiger partial charge in [0.2, 0.25) is 0 Å². The summed E-state index contributed by atoms with van der Waals surface area (Å²) in [5.41, 5.74) is 0. The first-order valence-corrected chi connectivity index (χ1v) is 5.28. The van der Waals surface area contributed by atoms with E-state index in [-0.39, 0.29) is 6.15 Å². The van der Waals surface area contributed by atoms with Crippen molar-refractivity contribution in [2.45, 2.75) is 38.6 Å². The molecule has 6 N–H and O–H groups in total. The van der Waals surface area contributed by atoms with Crippen LogP contribution in [0, 0.1) is 0 Å². The molecule has 0 bridgehead atoms. The van der Waals surface area contributed by atoms with E-state index in [1.165, 1.54) is 20.8 Å². The topological polar surface area (TPSA) is 133 Å². The Morgan fingerprint density at radius 1 is 1.07 bits per heavy atom. The van der Waals surface area contributed by atoms with E-state index >= 15 is 0 Å². The molecule has 0 aliphatic rings. The summed E-state index contributed by atoms with van der Waals surface area (Å²) in [6, 6.07) is 0. The summed E-state index contributed by atoms with van der Waals surface area (Å²) < 4.78 is 30.0. The van der Waals surface area contributed by atoms with Gasteiger partial charge in [0.1, 0.15) is 17.8 Å². The van der Waals surface area contributed by atoms with Gasteiger partial charge in [-0.05, 0) is 20.8 Å². The Morgan fingerprint density at radius 2 is 1.36 bits per heavy atom. The van der Waals surface area contributed by atoms with Gasteiger partial charge in [-0.25, -0.2) is 4.90 Å². The second kappa shape index (κ2) is 5.59. The van der Waals surface area contributed by atoms with Gasteiger partial charge in [-0.1, -0.05) is 0 Å². The van der Waals surface area contributed by atoms with Crippen LogP contribution in [0.2, 0.25) is 0 Å². The van der Waals surface area contributed by atoms with Crippen molar-refractivity contribution in [3.63, 3.8) is 0 Å². The minimum absolute atomic E-state index is 0. The molecule has 8 heteroatoms. The molecule has 0 amide bonds. The highest BCUT2D eigenvalue weighted by Crippen LogP contribution is 2.11. The van der Waals surface area contributed by atoms with Crippen molar-refractivity contribution in [1.82, 2.24) is 11.1 Å². The van der Waals surface area contributed by atoms with Crippen molar-refractivity contribution in [2.24, 2.45) is 0 Å². The Morgan fingerprint density at radius 3 is 1.43 bits per heavy atom. The molecule has 88 valence electrons. The number of hydrogen-bond donors (Lipinski definition) is 4. The lowest BCUT2D eigenvalue weighted by Gasteiger charge is -2.31. The van der Waals surface area contributed by atoms with Gasteiger partial charge in [0.25, 0.3) is 10.1 Å². The second-order valence-electron chi connectivity index (χ2n) is 2.83. The molecule has 0 aliphatic carbocycles. The Labute approximate surface area is 83.7 Å². The summed E-state index contributed by atoms with van der Waals surface area (Å²) in [7, 11) is -4.29. The zero-order valence-electron chi connectivity index (χ0n) is 8.45. The van der Waals surface area contributed by atoms with E-state index in [2.05, 4.69) is 0 Å². The predicted octanol–water partition coefficient (Wildman–Crippen LogP) is -0.639. The van der Waals surface area contributed by atoms with Crippen LogP contribution in [-0.4, -0.2) is 45.9 Å². The zero-order chi connectivity index (χ0) is 10.8. The Hall–Kier alpha value is -0.250. The minimum Gasteiger partial charge on any atom is -0.379 e. The van der Waals surface area contributed by atoms with Gasteiger partial charge >= 0.3 is 0 Å². The molecule has 0 aromatic carbocycles. The van der Waals surface area contributed by atoms with Gasteiger partial charge in [0, 0.05) is 0 Å². The van der Waals surface area contributed by atoms with Gasteiger partial charge in [-0.15, -0.1) is 0 Å². The highest BCUT2D eigenvalue weighted by molar-refractivity contribution is 7.86. The molecular formula is C6H18N2O5S. The fourth-order valence-corrected chi connectivity index (χ4v) is 1.73. The summed E-state index contributed by atoms with van der Waals surface area (Å²) in [5.74, 6) is 0. The van der Waals surface area contributed by atoms with Gasteiger partial charge < -0.3 is 16.4 Å². The maximum absolute atomic E-state index is 10.7. The third-order valence-electron chi connectivity index (χ3n) is 1.71. The van der Waals surface area contributed by atoms with Gasteiger partial charge in [-0.2, -0.15) is 8.42 Å². The Kier molecular flexibility index (Phi) is 6.46. The summed E-state index contributed by atoms with van der Waals surface area (Å²) in [6.07, 6.45) is -2.31. The molecule has 0 heterocycles. The third kappa shape index (κ3) is 4.31. The molecule has 0 rings (SSSR count). The highest BCUT2D eigenvalue weighted by atomic mass is 32.2. The molecule has 0 saturated heterocycles. The molecule has 0 fully saturated rings. The first-order valence-electron chi connectivity index (χ1n) is 3.77. The summed E-state index contributed by atoms with van der Waals surface area (Å²) >= 11 is 0. The molecule has 7 nitrogen and oxygen atoms in total. The summed E-state index contributed by atoms with van der Waals surface area (Å²) in [6.45, 7) is 3.78. The first kappa shape index (κ1) is 16.2. The van der Waals surface area contributed by atoms with Crippen LogP contribution in [0.3, 0.4) is 0 Å². The quantitative estimate of drug-likeness (QED) is 0.373. The summed E-state index contributed by atoms with van der Waals surface area (Å²) in [4.78, 5) is 0.856. The molecule has 0 aromatic rings. The fraction of sp³-hybridized carbons (Fsp3) is 1.00. The standard InChI is InChI=1S/C6H15NO5S.H3N/c1-4(8)7(5(2)9)6(3)13(10,11)12;/h4-6,8-9H,1-3H3,(H,10,11,12);1H3. The highest BCUT2D eigenvalue weighted by Gasteiger charge is 2.30. The van der Waals surface area contributed by atoms with Crippen LogP contribution in [0.5, 0.6) is 0 Å². The Balaban J connectivity index is 0. The average molecular weight is 230 g/mol. The van der Waals surface area contributed by atoms with E-state index in [0.717, 1.165) is 4.90 Å². The van der Waals surface area contributed by atoms with Crippen molar-refractivity contribution >= 4 is 10.1 Å².